The first kappa shape index (κ1) is 17.7. The van der Waals surface area contributed by atoms with E-state index in [0.717, 1.165) is 42.3 Å². The molecular formula is C20H25N5O2. The fraction of sp³-hybridized carbons (Fsp3) is 0.450. The van der Waals surface area contributed by atoms with Crippen molar-refractivity contribution < 1.29 is 9.59 Å². The number of piperazine rings is 1. The number of carbonyl (C=O) groups excluding carboxylic acids is 2. The maximum absolute atomic E-state index is 12.8. The van der Waals surface area contributed by atoms with Crippen LogP contribution in [0.15, 0.2) is 30.3 Å². The molecular weight excluding hydrogens is 342 g/mol. The van der Waals surface area contributed by atoms with Gasteiger partial charge in [0.25, 0.3) is 0 Å². The number of nitrogens with one attached hydrogen (secondary N) is 2. The van der Waals surface area contributed by atoms with Crippen molar-refractivity contribution in [1.29, 1.82) is 0 Å². The van der Waals surface area contributed by atoms with Crippen LogP contribution < -0.4 is 5.32 Å². The molecule has 1 atom stereocenters. The summed E-state index contributed by atoms with van der Waals surface area (Å²) in [6, 6.07) is 9.64. The fourth-order valence-electron chi connectivity index (χ4n) is 3.90. The molecule has 2 aromatic rings. The Morgan fingerprint density at radius 1 is 1.26 bits per heavy atom. The fourth-order valence-corrected chi connectivity index (χ4v) is 3.90. The predicted octanol–water partition coefficient (Wildman–Crippen LogP) is 1.17. The zero-order chi connectivity index (χ0) is 18.8. The molecule has 142 valence electrons. The Morgan fingerprint density at radius 3 is 2.85 bits per heavy atom. The molecule has 4 rings (SSSR count). The highest BCUT2D eigenvalue weighted by Gasteiger charge is 2.33. The van der Waals surface area contributed by atoms with Gasteiger partial charge >= 0.3 is 0 Å². The van der Waals surface area contributed by atoms with Crippen LogP contribution in [0.1, 0.15) is 24.7 Å². The smallest absolute Gasteiger partial charge is 0.237 e. The SMILES string of the molecule is CCN1CCNC(=O)[C@H]1CC(=O)N1CCc2nc(-c3ccccc3)[nH]c2C1. The lowest BCUT2D eigenvalue weighted by molar-refractivity contribution is -0.139. The van der Waals surface area contributed by atoms with Crippen LogP contribution in [0.4, 0.5) is 0 Å². The van der Waals surface area contributed by atoms with Crippen molar-refractivity contribution in [2.75, 3.05) is 26.2 Å². The van der Waals surface area contributed by atoms with Gasteiger partial charge in [0.15, 0.2) is 0 Å². The number of amides is 2. The molecule has 2 aliphatic rings. The summed E-state index contributed by atoms with van der Waals surface area (Å²) in [5.41, 5.74) is 3.07. The second-order valence-electron chi connectivity index (χ2n) is 7.08. The van der Waals surface area contributed by atoms with Crippen molar-refractivity contribution >= 4 is 11.8 Å². The van der Waals surface area contributed by atoms with Gasteiger partial charge in [0.1, 0.15) is 5.82 Å². The second-order valence-corrected chi connectivity index (χ2v) is 7.08. The summed E-state index contributed by atoms with van der Waals surface area (Å²) < 4.78 is 0. The Kier molecular flexibility index (Phi) is 4.94. The van der Waals surface area contributed by atoms with Gasteiger partial charge in [-0.3, -0.25) is 14.5 Å². The molecule has 7 heteroatoms. The Labute approximate surface area is 158 Å². The highest BCUT2D eigenvalue weighted by atomic mass is 16.2. The Bertz CT molecular complexity index is 832. The van der Waals surface area contributed by atoms with Crippen molar-refractivity contribution in [2.45, 2.75) is 32.4 Å². The molecule has 1 aromatic carbocycles. The van der Waals surface area contributed by atoms with Gasteiger partial charge in [-0.1, -0.05) is 37.3 Å². The van der Waals surface area contributed by atoms with Crippen LogP contribution in [0.5, 0.6) is 0 Å². The number of H-pyrrole nitrogens is 1. The summed E-state index contributed by atoms with van der Waals surface area (Å²) in [6.45, 7) is 5.42. The largest absolute Gasteiger partial charge is 0.353 e. The third kappa shape index (κ3) is 3.60. The standard InChI is InChI=1S/C20H25N5O2/c1-2-24-11-9-21-20(27)17(24)12-18(26)25-10-8-15-16(13-25)23-19(22-15)14-6-4-3-5-7-14/h3-7,17H,2,8-13H2,1H3,(H,21,27)(H,22,23)/t17-/m1/s1. The number of rotatable bonds is 4. The average molecular weight is 367 g/mol. The summed E-state index contributed by atoms with van der Waals surface area (Å²) in [6.07, 6.45) is 0.966. The molecule has 27 heavy (non-hydrogen) atoms. The van der Waals surface area contributed by atoms with E-state index in [9.17, 15) is 9.59 Å². The van der Waals surface area contributed by atoms with E-state index in [1.54, 1.807) is 0 Å². The number of aromatic nitrogens is 2. The molecule has 0 bridgehead atoms. The van der Waals surface area contributed by atoms with E-state index in [-0.39, 0.29) is 24.3 Å². The first-order valence-corrected chi connectivity index (χ1v) is 9.58. The van der Waals surface area contributed by atoms with Gasteiger partial charge in [-0.25, -0.2) is 4.98 Å². The van der Waals surface area contributed by atoms with E-state index in [2.05, 4.69) is 15.2 Å². The van der Waals surface area contributed by atoms with E-state index in [1.807, 2.05) is 42.2 Å². The number of nitrogens with zero attached hydrogens (tertiary/aromatic N) is 3. The topological polar surface area (TPSA) is 81.3 Å². The summed E-state index contributed by atoms with van der Waals surface area (Å²) in [5, 5.41) is 2.87. The predicted molar refractivity (Wildman–Crippen MR) is 102 cm³/mol. The van der Waals surface area contributed by atoms with Gasteiger partial charge in [-0.05, 0) is 6.54 Å². The number of imidazole rings is 1. The van der Waals surface area contributed by atoms with Gasteiger partial charge in [0.05, 0.1) is 30.4 Å². The van der Waals surface area contributed by atoms with E-state index in [1.165, 1.54) is 0 Å². The first-order valence-electron chi connectivity index (χ1n) is 9.58. The molecule has 2 N–H and O–H groups in total. The number of aromatic amines is 1. The van der Waals surface area contributed by atoms with E-state index >= 15 is 0 Å². The van der Waals surface area contributed by atoms with Crippen molar-refractivity contribution in [2.24, 2.45) is 0 Å². The van der Waals surface area contributed by atoms with E-state index in [4.69, 9.17) is 4.98 Å². The van der Waals surface area contributed by atoms with Crippen LogP contribution in [0.3, 0.4) is 0 Å². The van der Waals surface area contributed by atoms with Gasteiger partial charge in [0, 0.05) is 31.6 Å². The van der Waals surface area contributed by atoms with Crippen molar-refractivity contribution in [3.63, 3.8) is 0 Å². The monoisotopic (exact) mass is 367 g/mol. The number of hydrogen-bond donors (Lipinski definition) is 2. The molecule has 0 unspecified atom stereocenters. The number of hydrogen-bond acceptors (Lipinski definition) is 4. The first-order chi connectivity index (χ1) is 13.2. The lowest BCUT2D eigenvalue weighted by Crippen LogP contribution is -2.56. The summed E-state index contributed by atoms with van der Waals surface area (Å²) in [5.74, 6) is 0.831. The van der Waals surface area contributed by atoms with Crippen LogP contribution in [-0.4, -0.2) is 63.8 Å². The molecule has 0 aliphatic carbocycles. The van der Waals surface area contributed by atoms with E-state index in [0.29, 0.717) is 19.6 Å². The normalized spacial score (nSPS) is 20.3. The molecule has 1 saturated heterocycles. The molecule has 3 heterocycles. The van der Waals surface area contributed by atoms with Crippen LogP contribution in [0, 0.1) is 0 Å². The van der Waals surface area contributed by atoms with Gasteiger partial charge < -0.3 is 15.2 Å². The Hall–Kier alpha value is -2.67. The molecule has 7 nitrogen and oxygen atoms in total. The quantitative estimate of drug-likeness (QED) is 0.850. The minimum absolute atomic E-state index is 0.0250. The molecule has 0 spiro atoms. The Balaban J connectivity index is 1.45. The van der Waals surface area contributed by atoms with Crippen molar-refractivity contribution in [3.05, 3.63) is 41.7 Å². The summed E-state index contributed by atoms with van der Waals surface area (Å²) in [4.78, 5) is 37.0. The van der Waals surface area contributed by atoms with Crippen LogP contribution in [-0.2, 0) is 22.6 Å². The van der Waals surface area contributed by atoms with Gasteiger partial charge in [-0.2, -0.15) is 0 Å². The van der Waals surface area contributed by atoms with Crippen molar-refractivity contribution in [1.82, 2.24) is 25.1 Å². The zero-order valence-corrected chi connectivity index (χ0v) is 15.6. The number of fused-ring (bicyclic) bond motifs is 1. The average Bonchev–Trinajstić information content (AvgIpc) is 3.13. The lowest BCUT2D eigenvalue weighted by Gasteiger charge is -2.35. The molecule has 0 radical (unpaired) electrons. The van der Waals surface area contributed by atoms with Crippen LogP contribution in [0.25, 0.3) is 11.4 Å². The third-order valence-corrected chi connectivity index (χ3v) is 5.45. The number of likely N-dealkylation sites (N-methyl/N-ethyl adjacent to an activating group) is 1. The van der Waals surface area contributed by atoms with Gasteiger partial charge in [0.2, 0.25) is 11.8 Å². The number of carbonyl (C=O) groups is 2. The van der Waals surface area contributed by atoms with Crippen LogP contribution in [0.2, 0.25) is 0 Å². The molecule has 1 fully saturated rings. The molecule has 1 aromatic heterocycles. The number of benzene rings is 1. The second kappa shape index (κ2) is 7.52. The molecule has 2 amide bonds. The maximum atomic E-state index is 12.8. The maximum Gasteiger partial charge on any atom is 0.237 e. The summed E-state index contributed by atoms with van der Waals surface area (Å²) in [7, 11) is 0. The van der Waals surface area contributed by atoms with E-state index < -0.39 is 0 Å². The Morgan fingerprint density at radius 2 is 2.07 bits per heavy atom. The highest BCUT2D eigenvalue weighted by molar-refractivity contribution is 5.89. The van der Waals surface area contributed by atoms with Crippen LogP contribution >= 0.6 is 0 Å². The third-order valence-electron chi connectivity index (χ3n) is 5.45. The minimum atomic E-state index is -0.362. The minimum Gasteiger partial charge on any atom is -0.353 e. The highest BCUT2D eigenvalue weighted by Crippen LogP contribution is 2.23. The molecule has 0 saturated carbocycles. The molecule has 2 aliphatic heterocycles. The zero-order valence-electron chi connectivity index (χ0n) is 15.6. The van der Waals surface area contributed by atoms with Gasteiger partial charge in [-0.15, -0.1) is 0 Å². The van der Waals surface area contributed by atoms with Crippen molar-refractivity contribution in [3.8, 4) is 11.4 Å². The summed E-state index contributed by atoms with van der Waals surface area (Å²) >= 11 is 0. The lowest BCUT2D eigenvalue weighted by atomic mass is 10.1.